The van der Waals surface area contributed by atoms with Gasteiger partial charge in [-0.2, -0.15) is 4.98 Å². The summed E-state index contributed by atoms with van der Waals surface area (Å²) in [6.07, 6.45) is 0. The van der Waals surface area contributed by atoms with Gasteiger partial charge in [0.25, 0.3) is 5.56 Å². The van der Waals surface area contributed by atoms with Gasteiger partial charge in [0, 0.05) is 17.7 Å². The predicted molar refractivity (Wildman–Crippen MR) is 77.6 cm³/mol. The third-order valence-electron chi connectivity index (χ3n) is 2.83. The molecule has 2 rings (SSSR count). The summed E-state index contributed by atoms with van der Waals surface area (Å²) in [6, 6.07) is 1.74. The number of hydrogen-bond acceptors (Lipinski definition) is 4. The van der Waals surface area contributed by atoms with E-state index in [9.17, 15) is 9.59 Å². The van der Waals surface area contributed by atoms with Crippen LogP contribution in [0.25, 0.3) is 11.0 Å². The second-order valence-electron chi connectivity index (χ2n) is 5.71. The molecule has 0 spiro atoms. The van der Waals surface area contributed by atoms with Crippen molar-refractivity contribution in [3.05, 3.63) is 22.1 Å². The number of carbonyl (C=O) groups excluding carboxylic acids is 1. The molecule has 4 N–H and O–H groups in total. The molecule has 0 atom stereocenters. The number of anilines is 1. The topological polar surface area (TPSA) is 103 Å². The molecule has 2 aromatic heterocycles. The molecule has 0 aromatic carbocycles. The summed E-state index contributed by atoms with van der Waals surface area (Å²) in [7, 11) is 1.82. The highest BCUT2D eigenvalue weighted by Crippen LogP contribution is 2.16. The fourth-order valence-electron chi connectivity index (χ4n) is 1.71. The Morgan fingerprint density at radius 3 is 2.65 bits per heavy atom. The molecule has 0 aliphatic heterocycles. The maximum Gasteiger partial charge on any atom is 0.261 e. The SMILES string of the molecule is CNCc1cc2c(=O)[nH]c(NC(=O)C(C)(C)C)nc2[nH]1. The van der Waals surface area contributed by atoms with Gasteiger partial charge in [-0.25, -0.2) is 0 Å². The number of H-pyrrole nitrogens is 2. The summed E-state index contributed by atoms with van der Waals surface area (Å²) in [5.74, 6) is -0.0534. The molecule has 0 fully saturated rings. The van der Waals surface area contributed by atoms with Crippen molar-refractivity contribution in [1.82, 2.24) is 20.3 Å². The number of rotatable bonds is 3. The smallest absolute Gasteiger partial charge is 0.261 e. The van der Waals surface area contributed by atoms with Crippen LogP contribution in [0.1, 0.15) is 26.5 Å². The average molecular weight is 277 g/mol. The second-order valence-corrected chi connectivity index (χ2v) is 5.71. The predicted octanol–water partition coefficient (Wildman–Crippen LogP) is 0.955. The highest BCUT2D eigenvalue weighted by atomic mass is 16.2. The Hall–Kier alpha value is -2.15. The molecule has 108 valence electrons. The van der Waals surface area contributed by atoms with Crippen molar-refractivity contribution in [3.63, 3.8) is 0 Å². The van der Waals surface area contributed by atoms with Crippen LogP contribution in [0.2, 0.25) is 0 Å². The number of amides is 1. The number of hydrogen-bond donors (Lipinski definition) is 4. The Kier molecular flexibility index (Phi) is 3.63. The molecule has 0 radical (unpaired) electrons. The zero-order valence-electron chi connectivity index (χ0n) is 12.0. The standard InChI is InChI=1S/C13H19N5O2/c1-13(2,3)11(20)18-12-16-9-8(10(19)17-12)5-7(15-9)6-14-4/h5,14H,6H2,1-4H3,(H3,15,16,17,18,19,20). The summed E-state index contributed by atoms with van der Waals surface area (Å²) < 4.78 is 0. The van der Waals surface area contributed by atoms with Crippen molar-refractivity contribution < 1.29 is 4.79 Å². The number of aromatic nitrogens is 3. The van der Waals surface area contributed by atoms with Crippen LogP contribution in [0.3, 0.4) is 0 Å². The number of nitrogens with one attached hydrogen (secondary N) is 4. The summed E-state index contributed by atoms with van der Waals surface area (Å²) >= 11 is 0. The van der Waals surface area contributed by atoms with E-state index in [4.69, 9.17) is 0 Å². The summed E-state index contributed by atoms with van der Waals surface area (Å²) in [5.41, 5.74) is 0.487. The van der Waals surface area contributed by atoms with Gasteiger partial charge in [0.1, 0.15) is 5.65 Å². The van der Waals surface area contributed by atoms with E-state index >= 15 is 0 Å². The highest BCUT2D eigenvalue weighted by molar-refractivity contribution is 5.93. The van der Waals surface area contributed by atoms with Crippen LogP contribution in [0.4, 0.5) is 5.95 Å². The normalized spacial score (nSPS) is 11.8. The molecule has 2 aromatic rings. The lowest BCUT2D eigenvalue weighted by atomic mass is 9.96. The summed E-state index contributed by atoms with van der Waals surface area (Å²) in [4.78, 5) is 33.7. The molecule has 0 unspecified atom stereocenters. The number of nitrogens with zero attached hydrogens (tertiary/aromatic N) is 1. The fourth-order valence-corrected chi connectivity index (χ4v) is 1.71. The molecule has 0 saturated heterocycles. The van der Waals surface area contributed by atoms with Gasteiger partial charge in [-0.3, -0.25) is 19.9 Å². The maximum absolute atomic E-state index is 12.0. The zero-order valence-corrected chi connectivity index (χ0v) is 12.0. The first-order chi connectivity index (χ1) is 9.31. The molecular weight excluding hydrogens is 258 g/mol. The number of carbonyl (C=O) groups is 1. The van der Waals surface area contributed by atoms with Gasteiger partial charge in [0.15, 0.2) is 0 Å². The Balaban J connectivity index is 2.37. The fraction of sp³-hybridized carbons (Fsp3) is 0.462. The molecule has 1 amide bonds. The Morgan fingerprint density at radius 1 is 1.35 bits per heavy atom. The lowest BCUT2D eigenvalue weighted by Gasteiger charge is -2.16. The molecule has 20 heavy (non-hydrogen) atoms. The molecule has 7 nitrogen and oxygen atoms in total. The zero-order chi connectivity index (χ0) is 14.9. The minimum Gasteiger partial charge on any atom is -0.342 e. The van der Waals surface area contributed by atoms with Gasteiger partial charge >= 0.3 is 0 Å². The monoisotopic (exact) mass is 277 g/mol. The number of fused-ring (bicyclic) bond motifs is 1. The van der Waals surface area contributed by atoms with E-state index in [1.165, 1.54) is 0 Å². The quantitative estimate of drug-likeness (QED) is 0.671. The van der Waals surface area contributed by atoms with Gasteiger partial charge in [-0.1, -0.05) is 20.8 Å². The minimum atomic E-state index is -0.555. The van der Waals surface area contributed by atoms with Crippen LogP contribution in [0.15, 0.2) is 10.9 Å². The minimum absolute atomic E-state index is 0.153. The van der Waals surface area contributed by atoms with Crippen molar-refractivity contribution in [2.24, 2.45) is 5.41 Å². The molecule has 0 saturated carbocycles. The lowest BCUT2D eigenvalue weighted by molar-refractivity contribution is -0.123. The van der Waals surface area contributed by atoms with E-state index < -0.39 is 5.41 Å². The van der Waals surface area contributed by atoms with E-state index in [1.807, 2.05) is 7.05 Å². The first-order valence-electron chi connectivity index (χ1n) is 6.39. The molecule has 2 heterocycles. The maximum atomic E-state index is 12.0. The van der Waals surface area contributed by atoms with Crippen molar-refractivity contribution in [1.29, 1.82) is 0 Å². The van der Waals surface area contributed by atoms with Crippen LogP contribution >= 0.6 is 0 Å². The van der Waals surface area contributed by atoms with Gasteiger partial charge < -0.3 is 10.3 Å². The Labute approximate surface area is 116 Å². The Bertz CT molecular complexity index is 693. The second kappa shape index (κ2) is 5.09. The van der Waals surface area contributed by atoms with Crippen molar-refractivity contribution in [3.8, 4) is 0 Å². The van der Waals surface area contributed by atoms with E-state index in [1.54, 1.807) is 26.8 Å². The lowest BCUT2D eigenvalue weighted by Crippen LogP contribution is -2.29. The molecule has 0 bridgehead atoms. The molecular formula is C13H19N5O2. The van der Waals surface area contributed by atoms with E-state index in [2.05, 4.69) is 25.6 Å². The van der Waals surface area contributed by atoms with Gasteiger partial charge in [0.2, 0.25) is 11.9 Å². The first-order valence-corrected chi connectivity index (χ1v) is 6.39. The highest BCUT2D eigenvalue weighted by Gasteiger charge is 2.22. The van der Waals surface area contributed by atoms with Crippen LogP contribution in [0.5, 0.6) is 0 Å². The van der Waals surface area contributed by atoms with Crippen molar-refractivity contribution >= 4 is 22.9 Å². The number of aromatic amines is 2. The van der Waals surface area contributed by atoms with Crippen molar-refractivity contribution in [2.75, 3.05) is 12.4 Å². The van der Waals surface area contributed by atoms with Crippen LogP contribution in [0, 0.1) is 5.41 Å². The van der Waals surface area contributed by atoms with Crippen LogP contribution < -0.4 is 16.2 Å². The summed E-state index contributed by atoms with van der Waals surface area (Å²) in [6.45, 7) is 5.98. The van der Waals surface area contributed by atoms with Gasteiger partial charge in [-0.05, 0) is 13.1 Å². The van der Waals surface area contributed by atoms with Crippen molar-refractivity contribution in [2.45, 2.75) is 27.3 Å². The van der Waals surface area contributed by atoms with Gasteiger partial charge in [0.05, 0.1) is 5.39 Å². The molecule has 7 heteroatoms. The third kappa shape index (κ3) is 2.88. The first kappa shape index (κ1) is 14.3. The Morgan fingerprint density at radius 2 is 2.05 bits per heavy atom. The third-order valence-corrected chi connectivity index (χ3v) is 2.83. The largest absolute Gasteiger partial charge is 0.342 e. The van der Waals surface area contributed by atoms with E-state index in [-0.39, 0.29) is 17.4 Å². The molecule has 0 aliphatic carbocycles. The van der Waals surface area contributed by atoms with Crippen LogP contribution in [-0.4, -0.2) is 27.9 Å². The summed E-state index contributed by atoms with van der Waals surface area (Å²) in [5, 5.41) is 6.08. The van der Waals surface area contributed by atoms with Crippen LogP contribution in [-0.2, 0) is 11.3 Å². The molecule has 0 aliphatic rings. The van der Waals surface area contributed by atoms with Gasteiger partial charge in [-0.15, -0.1) is 0 Å². The van der Waals surface area contributed by atoms with E-state index in [0.29, 0.717) is 17.6 Å². The average Bonchev–Trinajstić information content (AvgIpc) is 2.71. The van der Waals surface area contributed by atoms with E-state index in [0.717, 1.165) is 5.69 Å².